The van der Waals surface area contributed by atoms with Crippen LogP contribution in [0, 0.1) is 13.8 Å². The van der Waals surface area contributed by atoms with Gasteiger partial charge in [-0.05, 0) is 48.2 Å². The second-order valence-electron chi connectivity index (χ2n) is 7.53. The summed E-state index contributed by atoms with van der Waals surface area (Å²) in [6.45, 7) is 4.02. The topological polar surface area (TPSA) is 75.6 Å². The number of nitrogens with one attached hydrogen (secondary N) is 1. The molecular formula is C25H23NO4. The number of para-hydroxylation sites is 1. The van der Waals surface area contributed by atoms with Crippen molar-refractivity contribution in [2.45, 2.75) is 20.0 Å². The fourth-order valence-corrected chi connectivity index (χ4v) is 3.75. The van der Waals surface area contributed by atoms with Gasteiger partial charge in [-0.25, -0.2) is 0 Å². The minimum Gasteiger partial charge on any atom is -0.490 e. The van der Waals surface area contributed by atoms with E-state index in [2.05, 4.69) is 5.32 Å². The maximum atomic E-state index is 12.6. The number of ketones is 1. The molecule has 152 valence electrons. The van der Waals surface area contributed by atoms with Crippen LogP contribution in [-0.4, -0.2) is 36.1 Å². The van der Waals surface area contributed by atoms with Crippen molar-refractivity contribution in [2.75, 3.05) is 13.2 Å². The van der Waals surface area contributed by atoms with Crippen LogP contribution in [0.2, 0.25) is 0 Å². The first-order valence-electron chi connectivity index (χ1n) is 9.89. The van der Waals surface area contributed by atoms with Gasteiger partial charge in [0.1, 0.15) is 18.5 Å². The molecule has 2 N–H and O–H groups in total. The van der Waals surface area contributed by atoms with Crippen LogP contribution in [0.1, 0.15) is 37.4 Å². The minimum absolute atomic E-state index is 0.0506. The van der Waals surface area contributed by atoms with Gasteiger partial charge in [0, 0.05) is 23.2 Å². The van der Waals surface area contributed by atoms with Gasteiger partial charge in [-0.2, -0.15) is 0 Å². The third-order valence-corrected chi connectivity index (χ3v) is 5.32. The van der Waals surface area contributed by atoms with Crippen molar-refractivity contribution in [1.29, 1.82) is 0 Å². The second-order valence-corrected chi connectivity index (χ2v) is 7.53. The van der Waals surface area contributed by atoms with Crippen molar-refractivity contribution in [3.05, 3.63) is 88.5 Å². The molecule has 5 heteroatoms. The maximum Gasteiger partial charge on any atom is 0.251 e. The molecule has 1 aliphatic rings. The van der Waals surface area contributed by atoms with Gasteiger partial charge >= 0.3 is 0 Å². The molecule has 1 unspecified atom stereocenters. The van der Waals surface area contributed by atoms with E-state index in [4.69, 9.17) is 4.74 Å². The lowest BCUT2D eigenvalue weighted by atomic mass is 10.0. The van der Waals surface area contributed by atoms with E-state index in [-0.39, 0.29) is 24.8 Å². The summed E-state index contributed by atoms with van der Waals surface area (Å²) in [4.78, 5) is 25.2. The van der Waals surface area contributed by atoms with Crippen molar-refractivity contribution in [3.8, 4) is 16.9 Å². The normalized spacial score (nSPS) is 12.8. The lowest BCUT2D eigenvalue weighted by Crippen LogP contribution is -2.35. The largest absolute Gasteiger partial charge is 0.490 e. The minimum atomic E-state index is -0.853. The number of carbonyl (C=O) groups excluding carboxylic acids is 2. The molecular weight excluding hydrogens is 378 g/mol. The molecule has 0 saturated heterocycles. The number of hydrogen-bond acceptors (Lipinski definition) is 4. The van der Waals surface area contributed by atoms with E-state index in [0.29, 0.717) is 16.7 Å². The maximum absolute atomic E-state index is 12.6. The fourth-order valence-electron chi connectivity index (χ4n) is 3.75. The average molecular weight is 401 g/mol. The summed E-state index contributed by atoms with van der Waals surface area (Å²) in [6.07, 6.45) is -0.853. The summed E-state index contributed by atoms with van der Waals surface area (Å²) in [7, 11) is 0. The predicted molar refractivity (Wildman–Crippen MR) is 115 cm³/mol. The van der Waals surface area contributed by atoms with Gasteiger partial charge < -0.3 is 15.2 Å². The number of ether oxygens (including phenoxy) is 1. The zero-order valence-electron chi connectivity index (χ0n) is 16.9. The first kappa shape index (κ1) is 19.9. The van der Waals surface area contributed by atoms with Gasteiger partial charge in [0.15, 0.2) is 5.78 Å². The average Bonchev–Trinajstić information content (AvgIpc) is 3.03. The highest BCUT2D eigenvalue weighted by atomic mass is 16.5. The zero-order valence-corrected chi connectivity index (χ0v) is 16.9. The van der Waals surface area contributed by atoms with Gasteiger partial charge in [0.2, 0.25) is 0 Å². The van der Waals surface area contributed by atoms with Crippen LogP contribution < -0.4 is 10.1 Å². The number of benzene rings is 3. The number of amides is 1. The van der Waals surface area contributed by atoms with Crippen LogP contribution >= 0.6 is 0 Å². The van der Waals surface area contributed by atoms with Crippen molar-refractivity contribution < 1.29 is 19.4 Å². The highest BCUT2D eigenvalue weighted by molar-refractivity contribution is 6.22. The third-order valence-electron chi connectivity index (χ3n) is 5.32. The zero-order chi connectivity index (χ0) is 21.3. The quantitative estimate of drug-likeness (QED) is 0.517. The summed E-state index contributed by atoms with van der Waals surface area (Å²) in [5.74, 6) is 0.338. The lowest BCUT2D eigenvalue weighted by molar-refractivity contribution is 0.0841. The SMILES string of the molecule is Cc1cccc(C)c1OCC(O)CNC(=O)c1ccc2c(c1)C(=O)c1ccccc1-2. The molecule has 30 heavy (non-hydrogen) atoms. The van der Waals surface area contributed by atoms with E-state index < -0.39 is 6.10 Å². The Kier molecular flexibility index (Phi) is 5.38. The Bertz CT molecular complexity index is 1120. The first-order valence-corrected chi connectivity index (χ1v) is 9.89. The van der Waals surface area contributed by atoms with Crippen molar-refractivity contribution in [3.63, 3.8) is 0 Å². The van der Waals surface area contributed by atoms with Crippen LogP contribution in [0.4, 0.5) is 0 Å². The summed E-state index contributed by atoms with van der Waals surface area (Å²) < 4.78 is 5.73. The van der Waals surface area contributed by atoms with Gasteiger partial charge in [-0.15, -0.1) is 0 Å². The van der Waals surface area contributed by atoms with E-state index in [1.165, 1.54) is 0 Å². The molecule has 0 bridgehead atoms. The highest BCUT2D eigenvalue weighted by Gasteiger charge is 2.27. The number of hydrogen-bond donors (Lipinski definition) is 2. The molecule has 0 saturated carbocycles. The highest BCUT2D eigenvalue weighted by Crippen LogP contribution is 2.36. The molecule has 3 aromatic carbocycles. The lowest BCUT2D eigenvalue weighted by Gasteiger charge is -2.16. The van der Waals surface area contributed by atoms with E-state index in [0.717, 1.165) is 28.0 Å². The Morgan fingerprint density at radius 2 is 1.60 bits per heavy atom. The molecule has 0 spiro atoms. The number of carbonyl (C=O) groups is 2. The molecule has 3 aromatic rings. The summed E-state index contributed by atoms with van der Waals surface area (Å²) in [5.41, 5.74) is 5.30. The monoisotopic (exact) mass is 401 g/mol. The summed E-state index contributed by atoms with van der Waals surface area (Å²) >= 11 is 0. The standard InChI is InChI=1S/C25H23NO4/c1-15-6-5-7-16(2)24(15)30-14-18(27)13-26-25(29)17-10-11-20-19-8-3-4-9-21(19)23(28)22(20)12-17/h3-12,18,27H,13-14H2,1-2H3,(H,26,29). The number of aliphatic hydroxyl groups excluding tert-OH is 1. The van der Waals surface area contributed by atoms with E-state index in [1.807, 2.05) is 50.2 Å². The Balaban J connectivity index is 1.38. The Labute approximate surface area is 175 Å². The number of aryl methyl sites for hydroxylation is 2. The van der Waals surface area contributed by atoms with Gasteiger partial charge in [-0.3, -0.25) is 9.59 Å². The molecule has 4 rings (SSSR count). The van der Waals surface area contributed by atoms with Crippen LogP contribution in [0.15, 0.2) is 60.7 Å². The van der Waals surface area contributed by atoms with Crippen LogP contribution in [-0.2, 0) is 0 Å². The summed E-state index contributed by atoms with van der Waals surface area (Å²) in [6, 6.07) is 18.4. The van der Waals surface area contributed by atoms with Crippen molar-refractivity contribution in [1.82, 2.24) is 5.32 Å². The van der Waals surface area contributed by atoms with Crippen LogP contribution in [0.25, 0.3) is 11.1 Å². The van der Waals surface area contributed by atoms with Crippen LogP contribution in [0.5, 0.6) is 5.75 Å². The van der Waals surface area contributed by atoms with E-state index >= 15 is 0 Å². The Hall–Kier alpha value is -3.44. The predicted octanol–water partition coefficient (Wildman–Crippen LogP) is 3.68. The molecule has 0 aromatic heterocycles. The van der Waals surface area contributed by atoms with Crippen molar-refractivity contribution in [2.24, 2.45) is 0 Å². The van der Waals surface area contributed by atoms with Gasteiger partial charge in [0.25, 0.3) is 5.91 Å². The molecule has 0 aliphatic heterocycles. The second kappa shape index (κ2) is 8.13. The molecule has 5 nitrogen and oxygen atoms in total. The van der Waals surface area contributed by atoms with E-state index in [1.54, 1.807) is 24.3 Å². The Morgan fingerprint density at radius 1 is 0.933 bits per heavy atom. The molecule has 0 heterocycles. The number of rotatable bonds is 6. The molecule has 1 aliphatic carbocycles. The van der Waals surface area contributed by atoms with Crippen LogP contribution in [0.3, 0.4) is 0 Å². The van der Waals surface area contributed by atoms with Gasteiger partial charge in [0.05, 0.1) is 0 Å². The Morgan fingerprint density at radius 3 is 2.33 bits per heavy atom. The molecule has 1 amide bonds. The smallest absolute Gasteiger partial charge is 0.251 e. The van der Waals surface area contributed by atoms with Crippen molar-refractivity contribution >= 4 is 11.7 Å². The number of aliphatic hydroxyl groups is 1. The third kappa shape index (κ3) is 3.72. The summed E-state index contributed by atoms with van der Waals surface area (Å²) in [5, 5.41) is 12.9. The number of fused-ring (bicyclic) bond motifs is 3. The molecule has 0 radical (unpaired) electrons. The van der Waals surface area contributed by atoms with E-state index in [9.17, 15) is 14.7 Å². The van der Waals surface area contributed by atoms with Gasteiger partial charge in [-0.1, -0.05) is 48.5 Å². The molecule has 0 fully saturated rings. The first-order chi connectivity index (χ1) is 14.5. The molecule has 1 atom stereocenters. The fraction of sp³-hybridized carbons (Fsp3) is 0.200.